The molecule has 2 aromatic rings. The molecule has 1 aromatic heterocycles. The predicted octanol–water partition coefficient (Wildman–Crippen LogP) is 1.62. The van der Waals surface area contributed by atoms with Crippen molar-refractivity contribution in [3.63, 3.8) is 0 Å². The fourth-order valence-corrected chi connectivity index (χ4v) is 1.52. The summed E-state index contributed by atoms with van der Waals surface area (Å²) in [6.45, 7) is 2.08. The number of benzene rings is 1. The fourth-order valence-electron chi connectivity index (χ4n) is 1.07. The molecule has 0 spiro atoms. The second kappa shape index (κ2) is 6.12. The second-order valence-electron chi connectivity index (χ2n) is 3.34. The lowest BCUT2D eigenvalue weighted by molar-refractivity contribution is -0.519. The van der Waals surface area contributed by atoms with Gasteiger partial charge in [-0.1, -0.05) is 45.9 Å². The number of hydrogen-bond acceptors (Lipinski definition) is 2. The molecule has 0 aliphatic heterocycles. The average Bonchev–Trinajstić information content (AvgIpc) is 2.31. The van der Waals surface area contributed by atoms with Crippen LogP contribution in [0.1, 0.15) is 5.56 Å². The minimum absolute atomic E-state index is 0.715. The van der Waals surface area contributed by atoms with Crippen LogP contribution in [-0.2, 0) is 10.3 Å². The largest absolute Gasteiger partial charge is 0.511 e. The van der Waals surface area contributed by atoms with E-state index in [9.17, 15) is 8.42 Å². The third-order valence-corrected chi connectivity index (χ3v) is 2.67. The maximum atomic E-state index is 10.4. The Morgan fingerprint density at radius 2 is 1.41 bits per heavy atom. The quantitative estimate of drug-likeness (QED) is 0.620. The van der Waals surface area contributed by atoms with E-state index < -0.39 is 10.3 Å². The highest BCUT2D eigenvalue weighted by atomic mass is 32.2. The third-order valence-electron chi connectivity index (χ3n) is 1.90. The molecule has 5 heteroatoms. The Labute approximate surface area is 101 Å². The van der Waals surface area contributed by atoms with Crippen molar-refractivity contribution in [3.05, 3.63) is 66.5 Å². The van der Waals surface area contributed by atoms with Crippen LogP contribution in [0.25, 0.3) is 0 Å². The van der Waals surface area contributed by atoms with Gasteiger partial charge in [-0.3, -0.25) is 0 Å². The first-order valence-electron chi connectivity index (χ1n) is 4.96. The van der Waals surface area contributed by atoms with E-state index in [0.717, 1.165) is 0 Å². The molecule has 90 valence electrons. The Kier molecular flexibility index (Phi) is 4.81. The highest BCUT2D eigenvalue weighted by molar-refractivity contribution is 7.79. The Hall–Kier alpha value is -1.72. The van der Waals surface area contributed by atoms with Crippen molar-refractivity contribution in [1.82, 2.24) is 0 Å². The molecule has 1 aromatic carbocycles. The molecule has 17 heavy (non-hydrogen) atoms. The van der Waals surface area contributed by atoms with Gasteiger partial charge in [-0.05, 0) is 6.92 Å². The lowest BCUT2D eigenvalue weighted by Crippen LogP contribution is -2.40. The molecule has 0 saturated heterocycles. The summed E-state index contributed by atoms with van der Waals surface area (Å²) in [5, 5.41) is 0. The maximum Gasteiger partial charge on any atom is 0.511 e. The molecule has 0 aliphatic carbocycles. The summed E-state index contributed by atoms with van der Waals surface area (Å²) in [7, 11) is -4.09. The van der Waals surface area contributed by atoms with E-state index in [-0.39, 0.29) is 0 Å². The van der Waals surface area contributed by atoms with Crippen molar-refractivity contribution in [1.29, 1.82) is 0 Å². The van der Waals surface area contributed by atoms with Gasteiger partial charge in [0.15, 0.2) is 12.4 Å². The molecule has 0 saturated carbocycles. The lowest BCUT2D eigenvalue weighted by Gasteiger charge is -1.85. The SMILES string of the molecule is Cc1ccccc1.O=S(=O)(O)[n+]1ccccc1. The molecule has 4 nitrogen and oxygen atoms in total. The van der Waals surface area contributed by atoms with Gasteiger partial charge >= 0.3 is 10.3 Å². The van der Waals surface area contributed by atoms with E-state index in [1.54, 1.807) is 6.07 Å². The molecule has 0 amide bonds. The molecule has 2 rings (SSSR count). The van der Waals surface area contributed by atoms with Crippen LogP contribution in [0.4, 0.5) is 0 Å². The Bertz CT molecular complexity index is 538. The molecule has 0 aliphatic rings. The molecule has 0 atom stereocenters. The van der Waals surface area contributed by atoms with Crippen LogP contribution in [0.3, 0.4) is 0 Å². The zero-order valence-corrected chi connectivity index (χ0v) is 10.2. The van der Waals surface area contributed by atoms with Crippen LogP contribution in [0.2, 0.25) is 0 Å². The number of aromatic nitrogens is 1. The summed E-state index contributed by atoms with van der Waals surface area (Å²) in [5.74, 6) is 0. The number of aryl methyl sites for hydroxylation is 1. The lowest BCUT2D eigenvalue weighted by atomic mass is 10.2. The average molecular weight is 252 g/mol. The van der Waals surface area contributed by atoms with E-state index in [0.29, 0.717) is 3.97 Å². The van der Waals surface area contributed by atoms with Crippen LogP contribution in [0.5, 0.6) is 0 Å². The van der Waals surface area contributed by atoms with Crippen LogP contribution >= 0.6 is 0 Å². The molecule has 1 N–H and O–H groups in total. The standard InChI is InChI=1S/C7H8.C5H5NO3S/c1-7-5-3-2-4-6-7;7-10(8,9)6-4-2-1-3-5-6/h2-6H,1H3;1-5H/p+1. The van der Waals surface area contributed by atoms with Crippen LogP contribution in [-0.4, -0.2) is 13.0 Å². The normalized spacial score (nSPS) is 10.2. The van der Waals surface area contributed by atoms with Crippen LogP contribution in [0.15, 0.2) is 60.9 Å². The van der Waals surface area contributed by atoms with E-state index in [1.165, 1.54) is 30.1 Å². The van der Waals surface area contributed by atoms with E-state index in [1.807, 2.05) is 18.2 Å². The smallest absolute Gasteiger partial charge is 0.233 e. The van der Waals surface area contributed by atoms with Gasteiger partial charge in [-0.2, -0.15) is 0 Å². The van der Waals surface area contributed by atoms with Crippen LogP contribution in [0, 0.1) is 6.92 Å². The summed E-state index contributed by atoms with van der Waals surface area (Å²) in [5.41, 5.74) is 1.32. The number of hydrogen-bond donors (Lipinski definition) is 1. The number of pyridine rings is 1. The van der Waals surface area contributed by atoms with Crippen molar-refractivity contribution in [3.8, 4) is 0 Å². The number of rotatable bonds is 1. The zero-order valence-electron chi connectivity index (χ0n) is 9.39. The molecular weight excluding hydrogens is 238 g/mol. The Balaban J connectivity index is 0.000000181. The zero-order chi connectivity index (χ0) is 12.7. The van der Waals surface area contributed by atoms with Crippen LogP contribution < -0.4 is 3.97 Å². The third kappa shape index (κ3) is 5.24. The molecule has 1 heterocycles. The van der Waals surface area contributed by atoms with Gasteiger partial charge < -0.3 is 0 Å². The maximum absolute atomic E-state index is 10.4. The Morgan fingerprint density at radius 1 is 0.941 bits per heavy atom. The minimum atomic E-state index is -4.09. The van der Waals surface area contributed by atoms with Gasteiger partial charge in [0.1, 0.15) is 0 Å². The van der Waals surface area contributed by atoms with Gasteiger partial charge in [0.2, 0.25) is 0 Å². The van der Waals surface area contributed by atoms with Gasteiger partial charge in [0.25, 0.3) is 0 Å². The van der Waals surface area contributed by atoms with E-state index >= 15 is 0 Å². The predicted molar refractivity (Wildman–Crippen MR) is 64.8 cm³/mol. The van der Waals surface area contributed by atoms with Crippen molar-refractivity contribution in [2.75, 3.05) is 0 Å². The molecule has 0 radical (unpaired) electrons. The second-order valence-corrected chi connectivity index (χ2v) is 4.66. The van der Waals surface area contributed by atoms with Crippen molar-refractivity contribution in [2.45, 2.75) is 6.92 Å². The summed E-state index contributed by atoms with van der Waals surface area (Å²) < 4.78 is 29.8. The molecule has 0 fully saturated rings. The first-order valence-corrected chi connectivity index (χ1v) is 6.36. The van der Waals surface area contributed by atoms with Gasteiger partial charge in [-0.15, -0.1) is 8.42 Å². The highest BCUT2D eigenvalue weighted by Crippen LogP contribution is 1.92. The molecule has 0 bridgehead atoms. The van der Waals surface area contributed by atoms with E-state index in [4.69, 9.17) is 4.55 Å². The van der Waals surface area contributed by atoms with Crippen molar-refractivity contribution >= 4 is 10.3 Å². The summed E-state index contributed by atoms with van der Waals surface area (Å²) in [6.07, 6.45) is 2.49. The van der Waals surface area contributed by atoms with Crippen molar-refractivity contribution in [2.24, 2.45) is 0 Å². The van der Waals surface area contributed by atoms with E-state index in [2.05, 4.69) is 19.1 Å². The van der Waals surface area contributed by atoms with Gasteiger partial charge in [0, 0.05) is 12.1 Å². The molecular formula is C12H14NO3S+. The summed E-state index contributed by atoms with van der Waals surface area (Å²) in [6, 6.07) is 14.9. The van der Waals surface area contributed by atoms with Crippen molar-refractivity contribution < 1.29 is 16.9 Å². The topological polar surface area (TPSA) is 58.3 Å². The Morgan fingerprint density at radius 3 is 1.71 bits per heavy atom. The molecule has 0 unspecified atom stereocenters. The first kappa shape index (κ1) is 13.3. The monoisotopic (exact) mass is 252 g/mol. The van der Waals surface area contributed by atoms with Gasteiger partial charge in [-0.25, -0.2) is 4.55 Å². The first-order chi connectivity index (χ1) is 8.00. The fraction of sp³-hybridized carbons (Fsp3) is 0.0833. The minimum Gasteiger partial charge on any atom is -0.233 e. The highest BCUT2D eigenvalue weighted by Gasteiger charge is 2.14. The summed E-state index contributed by atoms with van der Waals surface area (Å²) >= 11 is 0. The number of nitrogens with zero attached hydrogens (tertiary/aromatic N) is 1. The summed E-state index contributed by atoms with van der Waals surface area (Å²) in [4.78, 5) is 0. The van der Waals surface area contributed by atoms with Gasteiger partial charge in [0.05, 0.1) is 0 Å².